The van der Waals surface area contributed by atoms with Gasteiger partial charge in [0.2, 0.25) is 0 Å². The first-order valence-electron chi connectivity index (χ1n) is 6.10. The summed E-state index contributed by atoms with van der Waals surface area (Å²) in [5.41, 5.74) is 5.58. The minimum absolute atomic E-state index is 0. The topological polar surface area (TPSA) is 66.6 Å². The number of nitrogens with zero attached hydrogens (tertiary/aromatic N) is 2. The lowest BCUT2D eigenvalue weighted by molar-refractivity contribution is 0.314. The van der Waals surface area contributed by atoms with Crippen molar-refractivity contribution >= 4 is 22.6 Å². The Hall–Kier alpha value is 0.120. The number of hydrogen-bond donors (Lipinski definition) is 1. The van der Waals surface area contributed by atoms with Gasteiger partial charge in [0.25, 0.3) is 10.2 Å². The summed E-state index contributed by atoms with van der Waals surface area (Å²) in [7, 11) is -3.19. The monoisotopic (exact) mass is 283 g/mol. The minimum atomic E-state index is -3.19. The molecule has 0 aromatic heterocycles. The third-order valence-electron chi connectivity index (χ3n) is 3.55. The van der Waals surface area contributed by atoms with Gasteiger partial charge in [-0.1, -0.05) is 6.42 Å². The molecular formula is C10H22ClN3O2S. The number of halogens is 1. The van der Waals surface area contributed by atoms with Gasteiger partial charge in [-0.25, -0.2) is 0 Å². The third kappa shape index (κ3) is 3.32. The lowest BCUT2D eigenvalue weighted by Gasteiger charge is -2.30. The van der Waals surface area contributed by atoms with E-state index in [-0.39, 0.29) is 12.4 Å². The molecule has 5 nitrogen and oxygen atoms in total. The third-order valence-corrected chi connectivity index (χ3v) is 5.55. The summed E-state index contributed by atoms with van der Waals surface area (Å²) < 4.78 is 27.8. The highest BCUT2D eigenvalue weighted by Gasteiger charge is 2.35. The fourth-order valence-corrected chi connectivity index (χ4v) is 4.24. The van der Waals surface area contributed by atoms with Crippen molar-refractivity contribution in [3.05, 3.63) is 0 Å². The van der Waals surface area contributed by atoms with Crippen LogP contribution in [0.2, 0.25) is 0 Å². The van der Waals surface area contributed by atoms with Crippen LogP contribution in [0, 0.1) is 5.92 Å². The van der Waals surface area contributed by atoms with Crippen LogP contribution in [0.15, 0.2) is 0 Å². The standard InChI is InChI=1S/C10H21N3O2S.ClH/c11-8-10-4-7-13(9-10)16(14,15)12-5-2-1-3-6-12;/h10H,1-9,11H2;1H. The van der Waals surface area contributed by atoms with E-state index in [4.69, 9.17) is 5.73 Å². The maximum Gasteiger partial charge on any atom is 0.281 e. The molecule has 0 amide bonds. The Labute approximate surface area is 110 Å². The summed E-state index contributed by atoms with van der Waals surface area (Å²) in [5.74, 6) is 0.347. The zero-order valence-corrected chi connectivity index (χ0v) is 11.7. The Morgan fingerprint density at radius 2 is 1.71 bits per heavy atom. The SMILES string of the molecule is Cl.NCC1CCN(S(=O)(=O)N2CCCCC2)C1. The maximum absolute atomic E-state index is 12.3. The average Bonchev–Trinajstić information content (AvgIpc) is 2.79. The van der Waals surface area contributed by atoms with Gasteiger partial charge in [-0.15, -0.1) is 12.4 Å². The van der Waals surface area contributed by atoms with Crippen molar-refractivity contribution in [3.63, 3.8) is 0 Å². The second-order valence-corrected chi connectivity index (χ2v) is 6.64. The summed E-state index contributed by atoms with van der Waals surface area (Å²) in [6, 6.07) is 0. The predicted octanol–water partition coefficient (Wildman–Crippen LogP) is 0.419. The largest absolute Gasteiger partial charge is 0.330 e. The zero-order chi connectivity index (χ0) is 11.6. The van der Waals surface area contributed by atoms with Crippen molar-refractivity contribution in [1.82, 2.24) is 8.61 Å². The number of rotatable bonds is 3. The molecule has 102 valence electrons. The molecule has 0 saturated carbocycles. The molecule has 2 N–H and O–H groups in total. The van der Waals surface area contributed by atoms with Gasteiger partial charge in [0.05, 0.1) is 0 Å². The molecular weight excluding hydrogens is 262 g/mol. The summed E-state index contributed by atoms with van der Waals surface area (Å²) in [5, 5.41) is 0. The highest BCUT2D eigenvalue weighted by molar-refractivity contribution is 7.86. The molecule has 7 heteroatoms. The van der Waals surface area contributed by atoms with E-state index in [1.54, 1.807) is 8.61 Å². The van der Waals surface area contributed by atoms with Crippen LogP contribution >= 0.6 is 12.4 Å². The van der Waals surface area contributed by atoms with Gasteiger partial charge in [-0.05, 0) is 31.7 Å². The van der Waals surface area contributed by atoms with Crippen molar-refractivity contribution < 1.29 is 8.42 Å². The second-order valence-electron chi connectivity index (χ2n) is 4.72. The van der Waals surface area contributed by atoms with Crippen LogP contribution < -0.4 is 5.73 Å². The number of piperidine rings is 1. The molecule has 0 radical (unpaired) electrons. The van der Waals surface area contributed by atoms with Crippen molar-refractivity contribution in [2.45, 2.75) is 25.7 Å². The Balaban J connectivity index is 0.00000144. The minimum Gasteiger partial charge on any atom is -0.330 e. The first-order chi connectivity index (χ1) is 7.64. The van der Waals surface area contributed by atoms with E-state index in [1.807, 2.05) is 0 Å². The molecule has 2 saturated heterocycles. The van der Waals surface area contributed by atoms with Gasteiger partial charge >= 0.3 is 0 Å². The van der Waals surface area contributed by atoms with Crippen molar-refractivity contribution in [2.75, 3.05) is 32.7 Å². The van der Waals surface area contributed by atoms with Gasteiger partial charge < -0.3 is 5.73 Å². The van der Waals surface area contributed by atoms with Gasteiger partial charge in [0.1, 0.15) is 0 Å². The number of hydrogen-bond acceptors (Lipinski definition) is 3. The number of nitrogens with two attached hydrogens (primary N) is 1. The first kappa shape index (κ1) is 15.2. The van der Waals surface area contributed by atoms with E-state index in [2.05, 4.69) is 0 Å². The summed E-state index contributed by atoms with van der Waals surface area (Å²) >= 11 is 0. The Morgan fingerprint density at radius 3 is 2.24 bits per heavy atom. The fraction of sp³-hybridized carbons (Fsp3) is 1.00. The quantitative estimate of drug-likeness (QED) is 0.816. The highest BCUT2D eigenvalue weighted by Crippen LogP contribution is 2.23. The van der Waals surface area contributed by atoms with E-state index >= 15 is 0 Å². The van der Waals surface area contributed by atoms with Crippen molar-refractivity contribution in [1.29, 1.82) is 0 Å². The molecule has 0 aromatic rings. The highest BCUT2D eigenvalue weighted by atomic mass is 35.5. The van der Waals surface area contributed by atoms with Crippen molar-refractivity contribution in [3.8, 4) is 0 Å². The predicted molar refractivity (Wildman–Crippen MR) is 70.3 cm³/mol. The molecule has 2 heterocycles. The van der Waals surface area contributed by atoms with Gasteiger partial charge in [-0.3, -0.25) is 0 Å². The first-order valence-corrected chi connectivity index (χ1v) is 7.49. The van der Waals surface area contributed by atoms with E-state index in [1.165, 1.54) is 0 Å². The average molecular weight is 284 g/mol. The van der Waals surface area contributed by atoms with E-state index in [0.29, 0.717) is 38.6 Å². The van der Waals surface area contributed by atoms with E-state index < -0.39 is 10.2 Å². The zero-order valence-electron chi connectivity index (χ0n) is 10.0. The van der Waals surface area contributed by atoms with Crippen LogP contribution in [0.25, 0.3) is 0 Å². The maximum atomic E-state index is 12.3. The van der Waals surface area contributed by atoms with Crippen LogP contribution in [0.1, 0.15) is 25.7 Å². The van der Waals surface area contributed by atoms with Gasteiger partial charge in [-0.2, -0.15) is 17.0 Å². The van der Waals surface area contributed by atoms with Gasteiger partial charge in [0, 0.05) is 26.2 Å². The van der Waals surface area contributed by atoms with Crippen molar-refractivity contribution in [2.24, 2.45) is 11.7 Å². The molecule has 1 unspecified atom stereocenters. The van der Waals surface area contributed by atoms with Crippen LogP contribution in [0.5, 0.6) is 0 Å². The summed E-state index contributed by atoms with van der Waals surface area (Å²) in [6.07, 6.45) is 4.04. The molecule has 2 aliphatic rings. The van der Waals surface area contributed by atoms with E-state index in [9.17, 15) is 8.42 Å². The van der Waals surface area contributed by atoms with Gasteiger partial charge in [0.15, 0.2) is 0 Å². The van der Waals surface area contributed by atoms with Crippen LogP contribution in [0.4, 0.5) is 0 Å². The summed E-state index contributed by atoms with van der Waals surface area (Å²) in [6.45, 7) is 3.21. The lowest BCUT2D eigenvalue weighted by Crippen LogP contribution is -2.45. The molecule has 2 fully saturated rings. The van der Waals surface area contributed by atoms with Crippen LogP contribution in [-0.4, -0.2) is 49.8 Å². The molecule has 0 spiro atoms. The molecule has 2 aliphatic heterocycles. The smallest absolute Gasteiger partial charge is 0.281 e. The molecule has 0 aliphatic carbocycles. The second kappa shape index (κ2) is 6.33. The lowest BCUT2D eigenvalue weighted by atomic mass is 10.1. The van der Waals surface area contributed by atoms with Crippen LogP contribution in [0.3, 0.4) is 0 Å². The molecule has 1 atom stereocenters. The normalized spacial score (nSPS) is 27.9. The summed E-state index contributed by atoms with van der Waals surface area (Å²) in [4.78, 5) is 0. The Bertz CT molecular complexity index is 330. The van der Waals surface area contributed by atoms with Crippen LogP contribution in [-0.2, 0) is 10.2 Å². The molecule has 0 aromatic carbocycles. The Kier molecular flexibility index (Phi) is 5.66. The fourth-order valence-electron chi connectivity index (χ4n) is 2.46. The molecule has 0 bridgehead atoms. The van der Waals surface area contributed by atoms with E-state index in [0.717, 1.165) is 25.7 Å². The Morgan fingerprint density at radius 1 is 1.06 bits per heavy atom. The molecule has 17 heavy (non-hydrogen) atoms. The molecule has 2 rings (SSSR count).